The first-order valence-electron chi connectivity index (χ1n) is 16.7. The fourth-order valence-electron chi connectivity index (χ4n) is 6.57. The Labute approximate surface area is 346 Å². The summed E-state index contributed by atoms with van der Waals surface area (Å²) in [4.78, 5) is 27.6. The Balaban J connectivity index is 0.000000337. The number of carbonyl (C=O) groups excluding carboxylic acids is 2. The summed E-state index contributed by atoms with van der Waals surface area (Å²) in [5.74, 6) is -71.9. The minimum Gasteiger partial charge on any atom is -0.287 e. The van der Waals surface area contributed by atoms with Crippen LogP contribution in [0.2, 0.25) is 0 Å². The highest BCUT2D eigenvalue weighted by atomic mass is 35.5. The molecule has 4 nitrogen and oxygen atoms in total. The molecular weight excluding hydrogens is 943 g/mol. The maximum absolute atomic E-state index is 15.4. The fraction of sp³-hybridized carbons (Fsp3) is 0.0526. The number of hydrogen-bond donors (Lipinski definition) is 0. The highest BCUT2D eigenvalue weighted by Crippen LogP contribution is 2.30. The van der Waals surface area contributed by atoms with Gasteiger partial charge in [0.25, 0.3) is 5.69 Å². The van der Waals surface area contributed by atoms with Gasteiger partial charge in [0.1, 0.15) is 58.9 Å². The van der Waals surface area contributed by atoms with Gasteiger partial charge in [0.2, 0.25) is 18.1 Å². The smallest absolute Gasteiger partial charge is 0.268 e. The van der Waals surface area contributed by atoms with Crippen molar-refractivity contribution in [3.63, 3.8) is 0 Å². The third-order valence-corrected chi connectivity index (χ3v) is 9.61. The summed E-state index contributed by atoms with van der Waals surface area (Å²) >= 11 is 5.54. The highest BCUT2D eigenvalue weighted by molar-refractivity contribution is 7.20. The number of alkyl halides is 1. The molecule has 0 fully saturated rings. The van der Waals surface area contributed by atoms with Crippen LogP contribution in [0.5, 0.6) is 0 Å². The largest absolute Gasteiger partial charge is 0.287 e. The molecular formula is C38H12BClF20N2O2. The first-order valence-corrected chi connectivity index (χ1v) is 17.2. The maximum Gasteiger partial charge on any atom is 0.268 e. The SMILES string of the molecule is Fc1c(F)c(F)c([B-](c2c(F)c(F)c(F)c(F)c2F)(c2c(F)c(F)c(F)c(F)c2F)c2c(F)c(F)c(F)c(F)c2F)c(F)c1F.O=C(C[n+]1ccncc1C(=O)CCl)c1ccccc1. The zero-order valence-corrected chi connectivity index (χ0v) is 31.0. The van der Waals surface area contributed by atoms with Gasteiger partial charge < -0.3 is 0 Å². The van der Waals surface area contributed by atoms with E-state index < -0.39 is 144 Å². The quantitative estimate of drug-likeness (QED) is 0.0287. The summed E-state index contributed by atoms with van der Waals surface area (Å²) in [7, 11) is 0. The Morgan fingerprint density at radius 2 is 0.719 bits per heavy atom. The molecule has 0 amide bonds. The number of hydrogen-bond acceptors (Lipinski definition) is 3. The Hall–Kier alpha value is -6.53. The van der Waals surface area contributed by atoms with E-state index in [9.17, 15) is 62.3 Å². The van der Waals surface area contributed by atoms with Crippen LogP contribution in [-0.2, 0) is 6.54 Å². The van der Waals surface area contributed by atoms with Gasteiger partial charge in [-0.25, -0.2) is 87.8 Å². The first-order chi connectivity index (χ1) is 29.9. The monoisotopic (exact) mass is 954 g/mol. The van der Waals surface area contributed by atoms with Crippen LogP contribution in [0.15, 0.2) is 48.9 Å². The van der Waals surface area contributed by atoms with Gasteiger partial charge in [-0.1, -0.05) is 30.3 Å². The van der Waals surface area contributed by atoms with E-state index in [4.69, 9.17) is 11.6 Å². The molecule has 5 aromatic carbocycles. The van der Waals surface area contributed by atoms with Crippen LogP contribution in [-0.4, -0.2) is 28.6 Å². The van der Waals surface area contributed by atoms with Crippen molar-refractivity contribution in [1.29, 1.82) is 0 Å². The van der Waals surface area contributed by atoms with Crippen molar-refractivity contribution in [2.24, 2.45) is 0 Å². The molecule has 336 valence electrons. The van der Waals surface area contributed by atoms with Crippen LogP contribution in [0, 0.1) is 116 Å². The van der Waals surface area contributed by atoms with Crippen molar-refractivity contribution >= 4 is 51.2 Å². The van der Waals surface area contributed by atoms with E-state index in [0.717, 1.165) is 0 Å². The van der Waals surface area contributed by atoms with Crippen molar-refractivity contribution in [3.05, 3.63) is 177 Å². The lowest BCUT2D eigenvalue weighted by Gasteiger charge is -2.44. The number of benzene rings is 5. The standard InChI is InChI=1S/C24BF20.C14H12ClN2O2/c26-5-1(6(27)14(35)21(42)13(5)34)25(2-7(28)15(36)22(43)16(37)8(2)29,3-9(30)17(38)23(44)18(39)10(3)31)4-11(32)19(40)24(45)20(41)12(4)33;15-8-13(18)12-9-16-6-7-17(12)10-14(19)11-4-2-1-3-5-11/h;1-7,9H,8,10H2/q-1;+1. The molecule has 0 bridgehead atoms. The summed E-state index contributed by atoms with van der Waals surface area (Å²) < 4.78 is 296. The van der Waals surface area contributed by atoms with E-state index in [2.05, 4.69) is 4.98 Å². The molecule has 26 heteroatoms. The number of ketones is 2. The van der Waals surface area contributed by atoms with Gasteiger partial charge in [-0.3, -0.25) is 14.6 Å². The van der Waals surface area contributed by atoms with Gasteiger partial charge in [0.15, 0.2) is 76.0 Å². The number of Topliss-reactive ketones (excluding diaryl/α,β-unsaturated/α-hetero) is 2. The molecule has 0 aliphatic heterocycles. The second-order valence-electron chi connectivity index (χ2n) is 12.7. The summed E-state index contributed by atoms with van der Waals surface area (Å²) in [5, 5.41) is 0. The average Bonchev–Trinajstić information content (AvgIpc) is 3.29. The number of nitrogens with zero attached hydrogens (tertiary/aromatic N) is 2. The summed E-state index contributed by atoms with van der Waals surface area (Å²) in [6.45, 7) is 0.0878. The van der Waals surface area contributed by atoms with Crippen LogP contribution < -0.4 is 26.4 Å². The van der Waals surface area contributed by atoms with E-state index in [1.165, 1.54) is 12.4 Å². The Morgan fingerprint density at radius 1 is 0.438 bits per heavy atom. The van der Waals surface area contributed by atoms with Gasteiger partial charge in [-0.15, -0.1) is 33.5 Å². The minimum atomic E-state index is -7.22. The normalized spacial score (nSPS) is 11.5. The van der Waals surface area contributed by atoms with E-state index >= 15 is 35.1 Å². The van der Waals surface area contributed by atoms with Crippen molar-refractivity contribution in [2.75, 3.05) is 5.88 Å². The predicted molar refractivity (Wildman–Crippen MR) is 179 cm³/mol. The molecule has 0 spiro atoms. The fourth-order valence-corrected chi connectivity index (χ4v) is 6.71. The summed E-state index contributed by atoms with van der Waals surface area (Å²) in [6, 6.07) is 8.93. The molecule has 0 N–H and O–H groups in total. The van der Waals surface area contributed by atoms with Gasteiger partial charge in [0.05, 0.1) is 12.1 Å². The van der Waals surface area contributed by atoms with E-state index in [0.29, 0.717) is 11.3 Å². The molecule has 0 saturated heterocycles. The molecule has 6 aromatic rings. The van der Waals surface area contributed by atoms with Crippen molar-refractivity contribution in [2.45, 2.75) is 6.54 Å². The van der Waals surface area contributed by atoms with Gasteiger partial charge in [-0.2, -0.15) is 4.57 Å². The molecule has 0 radical (unpaired) electrons. The van der Waals surface area contributed by atoms with E-state index in [1.807, 2.05) is 6.07 Å². The minimum absolute atomic E-state index is 0.0691. The Morgan fingerprint density at radius 3 is 1.00 bits per heavy atom. The van der Waals surface area contributed by atoms with Gasteiger partial charge in [-0.05, 0) is 0 Å². The van der Waals surface area contributed by atoms with Gasteiger partial charge in [0, 0.05) is 5.56 Å². The van der Waals surface area contributed by atoms with Crippen LogP contribution in [0.25, 0.3) is 0 Å². The molecule has 0 saturated carbocycles. The van der Waals surface area contributed by atoms with E-state index in [1.54, 1.807) is 35.0 Å². The number of carbonyl (C=O) groups is 2. The lowest BCUT2D eigenvalue weighted by Crippen LogP contribution is -2.81. The Kier molecular flexibility index (Phi) is 13.9. The molecule has 0 atom stereocenters. The summed E-state index contributed by atoms with van der Waals surface area (Å²) in [6.07, 6.45) is -2.67. The molecule has 0 aliphatic carbocycles. The average molecular weight is 955 g/mol. The lowest BCUT2D eigenvalue weighted by atomic mass is 9.12. The Bertz CT molecular complexity index is 2520. The number of rotatable bonds is 9. The number of aromatic nitrogens is 2. The zero-order valence-electron chi connectivity index (χ0n) is 30.3. The maximum atomic E-state index is 15.4. The van der Waals surface area contributed by atoms with Crippen LogP contribution in [0.4, 0.5) is 87.8 Å². The summed E-state index contributed by atoms with van der Waals surface area (Å²) in [5.41, 5.74) is -13.4. The first kappa shape index (κ1) is 48.5. The third-order valence-electron chi connectivity index (χ3n) is 9.36. The van der Waals surface area contributed by atoms with Crippen molar-refractivity contribution < 1.29 is 102 Å². The second kappa shape index (κ2) is 18.3. The molecule has 6 rings (SSSR count). The van der Waals surface area contributed by atoms with Gasteiger partial charge >= 0.3 is 0 Å². The van der Waals surface area contributed by atoms with Crippen LogP contribution in [0.1, 0.15) is 20.8 Å². The highest BCUT2D eigenvalue weighted by Gasteiger charge is 2.52. The van der Waals surface area contributed by atoms with Crippen LogP contribution in [0.3, 0.4) is 0 Å². The molecule has 64 heavy (non-hydrogen) atoms. The molecule has 1 heterocycles. The van der Waals surface area contributed by atoms with E-state index in [-0.39, 0.29) is 24.0 Å². The third kappa shape index (κ3) is 7.67. The predicted octanol–water partition coefficient (Wildman–Crippen LogP) is 7.52. The molecule has 0 unspecified atom stereocenters. The van der Waals surface area contributed by atoms with Crippen LogP contribution >= 0.6 is 11.6 Å². The van der Waals surface area contributed by atoms with Crippen molar-refractivity contribution in [1.82, 2.24) is 4.98 Å². The second-order valence-corrected chi connectivity index (χ2v) is 13.0. The zero-order chi connectivity index (χ0) is 48.0. The topological polar surface area (TPSA) is 50.9 Å². The lowest BCUT2D eigenvalue weighted by molar-refractivity contribution is -0.685. The molecule has 0 aliphatic rings. The van der Waals surface area contributed by atoms with Crippen molar-refractivity contribution in [3.8, 4) is 0 Å². The number of halogens is 21. The molecule has 1 aromatic heterocycles.